The third-order valence-corrected chi connectivity index (χ3v) is 5.10. The highest BCUT2D eigenvalue weighted by atomic mass is 16.1. The zero-order chi connectivity index (χ0) is 19.5. The van der Waals surface area contributed by atoms with Crippen LogP contribution in [-0.4, -0.2) is 47.6 Å². The summed E-state index contributed by atoms with van der Waals surface area (Å²) in [6.45, 7) is 10.1. The summed E-state index contributed by atoms with van der Waals surface area (Å²) >= 11 is 0. The van der Waals surface area contributed by atoms with Crippen LogP contribution in [0.2, 0.25) is 0 Å². The lowest BCUT2D eigenvalue weighted by molar-refractivity contribution is 0.231. The van der Waals surface area contributed by atoms with Crippen molar-refractivity contribution in [2.24, 2.45) is 5.92 Å². The highest BCUT2D eigenvalue weighted by Gasteiger charge is 2.17. The number of hydrogen-bond donors (Lipinski definition) is 2. The first-order chi connectivity index (χ1) is 13.6. The standard InChI is InChI=1S/C22H27N5O/c1-16(2)15-26-11-13-27(14-12-26)18-9-7-17(8-10-18)23-22-24-20-6-4-3-5-19(20)21(28)25-22/h3-10,16H,11-15H2,1-2H3,(H2,23,24,25,28). The predicted molar refractivity (Wildman–Crippen MR) is 116 cm³/mol. The normalized spacial score (nSPS) is 15.3. The van der Waals surface area contributed by atoms with Crippen LogP contribution in [0.3, 0.4) is 0 Å². The molecule has 2 N–H and O–H groups in total. The number of anilines is 3. The van der Waals surface area contributed by atoms with Gasteiger partial charge in [0.1, 0.15) is 0 Å². The summed E-state index contributed by atoms with van der Waals surface area (Å²) in [5.74, 6) is 1.17. The number of fused-ring (bicyclic) bond motifs is 1. The Labute approximate surface area is 165 Å². The summed E-state index contributed by atoms with van der Waals surface area (Å²) in [6, 6.07) is 15.7. The predicted octanol–water partition coefficient (Wildman–Crippen LogP) is 3.44. The minimum atomic E-state index is -0.135. The largest absolute Gasteiger partial charge is 0.369 e. The Balaban J connectivity index is 1.42. The molecule has 0 atom stereocenters. The highest BCUT2D eigenvalue weighted by Crippen LogP contribution is 2.21. The summed E-state index contributed by atoms with van der Waals surface area (Å²) in [4.78, 5) is 24.5. The number of piperazine rings is 1. The summed E-state index contributed by atoms with van der Waals surface area (Å²) in [6.07, 6.45) is 0. The van der Waals surface area contributed by atoms with Crippen molar-refractivity contribution >= 4 is 28.2 Å². The first kappa shape index (κ1) is 18.5. The Bertz CT molecular complexity index is 988. The average molecular weight is 377 g/mol. The van der Waals surface area contributed by atoms with Crippen molar-refractivity contribution < 1.29 is 0 Å². The lowest BCUT2D eigenvalue weighted by atomic mass is 10.2. The second kappa shape index (κ2) is 8.02. The second-order valence-electron chi connectivity index (χ2n) is 7.79. The number of nitrogens with one attached hydrogen (secondary N) is 2. The molecule has 0 spiro atoms. The van der Waals surface area contributed by atoms with Gasteiger partial charge in [-0.25, -0.2) is 4.98 Å². The van der Waals surface area contributed by atoms with E-state index in [1.807, 2.05) is 30.3 Å². The molecule has 1 aromatic heterocycles. The molecule has 0 amide bonds. The molecule has 0 unspecified atom stereocenters. The summed E-state index contributed by atoms with van der Waals surface area (Å²) in [5.41, 5.74) is 2.68. The number of aromatic amines is 1. The van der Waals surface area contributed by atoms with Crippen LogP contribution in [0.25, 0.3) is 10.9 Å². The first-order valence-corrected chi connectivity index (χ1v) is 9.92. The maximum absolute atomic E-state index is 12.2. The number of aromatic nitrogens is 2. The molecule has 1 aliphatic rings. The van der Waals surface area contributed by atoms with E-state index in [1.165, 1.54) is 12.2 Å². The van der Waals surface area contributed by atoms with Crippen molar-refractivity contribution in [3.8, 4) is 0 Å². The molecule has 0 aliphatic carbocycles. The second-order valence-corrected chi connectivity index (χ2v) is 7.79. The Hall–Kier alpha value is -2.86. The van der Waals surface area contributed by atoms with Gasteiger partial charge in [0.25, 0.3) is 5.56 Å². The van der Waals surface area contributed by atoms with Crippen molar-refractivity contribution in [3.05, 3.63) is 58.9 Å². The Morgan fingerprint density at radius 2 is 1.75 bits per heavy atom. The van der Waals surface area contributed by atoms with Crippen molar-refractivity contribution in [1.29, 1.82) is 0 Å². The smallest absolute Gasteiger partial charge is 0.260 e. The maximum atomic E-state index is 12.2. The number of rotatable bonds is 5. The van der Waals surface area contributed by atoms with E-state index in [0.717, 1.165) is 31.9 Å². The van der Waals surface area contributed by atoms with E-state index >= 15 is 0 Å². The number of nitrogens with zero attached hydrogens (tertiary/aromatic N) is 3. The quantitative estimate of drug-likeness (QED) is 0.713. The van der Waals surface area contributed by atoms with E-state index < -0.39 is 0 Å². The van der Waals surface area contributed by atoms with Gasteiger partial charge in [0, 0.05) is 44.1 Å². The minimum absolute atomic E-state index is 0.135. The molecule has 28 heavy (non-hydrogen) atoms. The molecule has 2 aromatic carbocycles. The number of H-pyrrole nitrogens is 1. The fraction of sp³-hybridized carbons (Fsp3) is 0.364. The topological polar surface area (TPSA) is 64.3 Å². The van der Waals surface area contributed by atoms with Gasteiger partial charge in [-0.05, 0) is 42.3 Å². The summed E-state index contributed by atoms with van der Waals surface area (Å²) in [7, 11) is 0. The summed E-state index contributed by atoms with van der Waals surface area (Å²) < 4.78 is 0. The van der Waals surface area contributed by atoms with Gasteiger partial charge in [0.05, 0.1) is 10.9 Å². The molecule has 6 nitrogen and oxygen atoms in total. The zero-order valence-electron chi connectivity index (χ0n) is 16.5. The van der Waals surface area contributed by atoms with Crippen LogP contribution < -0.4 is 15.8 Å². The van der Waals surface area contributed by atoms with E-state index in [4.69, 9.17) is 0 Å². The third kappa shape index (κ3) is 4.17. The number of benzene rings is 2. The molecule has 2 heterocycles. The van der Waals surface area contributed by atoms with Crippen molar-refractivity contribution in [1.82, 2.24) is 14.9 Å². The molecule has 1 saturated heterocycles. The van der Waals surface area contributed by atoms with E-state index in [9.17, 15) is 4.79 Å². The van der Waals surface area contributed by atoms with Crippen LogP contribution in [0.1, 0.15) is 13.8 Å². The molecule has 0 radical (unpaired) electrons. The molecule has 3 aromatic rings. The van der Waals surface area contributed by atoms with Crippen molar-refractivity contribution in [2.75, 3.05) is 42.9 Å². The van der Waals surface area contributed by atoms with Crippen LogP contribution >= 0.6 is 0 Å². The van der Waals surface area contributed by atoms with E-state index in [1.54, 1.807) is 6.07 Å². The Morgan fingerprint density at radius 1 is 1.04 bits per heavy atom. The highest BCUT2D eigenvalue weighted by molar-refractivity contribution is 5.78. The van der Waals surface area contributed by atoms with Gasteiger partial charge in [-0.3, -0.25) is 14.7 Å². The molecule has 0 bridgehead atoms. The van der Waals surface area contributed by atoms with Gasteiger partial charge in [-0.2, -0.15) is 0 Å². The monoisotopic (exact) mass is 377 g/mol. The van der Waals surface area contributed by atoms with E-state index in [2.05, 4.69) is 51.1 Å². The molecule has 0 saturated carbocycles. The molecule has 6 heteroatoms. The summed E-state index contributed by atoms with van der Waals surface area (Å²) in [5, 5.41) is 3.80. The lowest BCUT2D eigenvalue weighted by Crippen LogP contribution is -2.47. The molecule has 1 fully saturated rings. The van der Waals surface area contributed by atoms with Crippen LogP contribution in [0.4, 0.5) is 17.3 Å². The van der Waals surface area contributed by atoms with Gasteiger partial charge >= 0.3 is 0 Å². The minimum Gasteiger partial charge on any atom is -0.369 e. The average Bonchev–Trinajstić information content (AvgIpc) is 2.69. The van der Waals surface area contributed by atoms with Crippen LogP contribution in [-0.2, 0) is 0 Å². The zero-order valence-corrected chi connectivity index (χ0v) is 16.5. The third-order valence-electron chi connectivity index (χ3n) is 5.10. The maximum Gasteiger partial charge on any atom is 0.260 e. The van der Waals surface area contributed by atoms with Crippen molar-refractivity contribution in [3.63, 3.8) is 0 Å². The Morgan fingerprint density at radius 3 is 2.46 bits per heavy atom. The van der Waals surface area contributed by atoms with E-state index in [-0.39, 0.29) is 5.56 Å². The van der Waals surface area contributed by atoms with Gasteiger partial charge in [-0.15, -0.1) is 0 Å². The molecular formula is C22H27N5O. The van der Waals surface area contributed by atoms with Crippen LogP contribution in [0.15, 0.2) is 53.3 Å². The van der Waals surface area contributed by atoms with Gasteiger partial charge in [-0.1, -0.05) is 26.0 Å². The fourth-order valence-corrected chi connectivity index (χ4v) is 3.74. The van der Waals surface area contributed by atoms with Crippen molar-refractivity contribution in [2.45, 2.75) is 13.8 Å². The number of hydrogen-bond acceptors (Lipinski definition) is 5. The molecular weight excluding hydrogens is 350 g/mol. The van der Waals surface area contributed by atoms with Crippen LogP contribution in [0.5, 0.6) is 0 Å². The molecule has 4 rings (SSSR count). The van der Waals surface area contributed by atoms with Gasteiger partial charge in [0.2, 0.25) is 5.95 Å². The first-order valence-electron chi connectivity index (χ1n) is 9.92. The SMILES string of the molecule is CC(C)CN1CCN(c2ccc(Nc3nc4ccccc4c(=O)[nH]3)cc2)CC1. The lowest BCUT2D eigenvalue weighted by Gasteiger charge is -2.36. The molecule has 146 valence electrons. The van der Waals surface area contributed by atoms with E-state index in [0.29, 0.717) is 22.8 Å². The van der Waals surface area contributed by atoms with Gasteiger partial charge in [0.15, 0.2) is 0 Å². The number of para-hydroxylation sites is 1. The molecule has 1 aliphatic heterocycles. The Kier molecular flexibility index (Phi) is 5.30. The van der Waals surface area contributed by atoms with Crippen LogP contribution in [0, 0.1) is 5.92 Å². The fourth-order valence-electron chi connectivity index (χ4n) is 3.74. The van der Waals surface area contributed by atoms with Gasteiger partial charge < -0.3 is 10.2 Å².